The Bertz CT molecular complexity index is 735. The van der Waals surface area contributed by atoms with E-state index in [-0.39, 0.29) is 12.3 Å². The number of benzene rings is 1. The molecule has 4 nitrogen and oxygen atoms in total. The van der Waals surface area contributed by atoms with Crippen LogP contribution in [-0.2, 0) is 11.2 Å². The van der Waals surface area contributed by atoms with E-state index in [1.165, 1.54) is 11.3 Å². The van der Waals surface area contributed by atoms with Gasteiger partial charge in [-0.15, -0.1) is 11.3 Å². The van der Waals surface area contributed by atoms with Crippen molar-refractivity contribution in [2.45, 2.75) is 6.42 Å². The first-order valence-electron chi connectivity index (χ1n) is 6.34. The number of halogens is 1. The van der Waals surface area contributed by atoms with Gasteiger partial charge in [-0.1, -0.05) is 11.6 Å². The Morgan fingerprint density at radius 1 is 1.24 bits per heavy atom. The Labute approximate surface area is 131 Å². The first kappa shape index (κ1) is 13.9. The molecule has 0 aliphatic heterocycles. The van der Waals surface area contributed by atoms with E-state index in [0.29, 0.717) is 5.02 Å². The summed E-state index contributed by atoms with van der Waals surface area (Å²) in [6.07, 6.45) is 4.10. The van der Waals surface area contributed by atoms with Gasteiger partial charge in [-0.05, 0) is 36.4 Å². The number of thiazole rings is 1. The maximum atomic E-state index is 12.0. The molecule has 3 aromatic rings. The number of aromatic nitrogens is 2. The minimum atomic E-state index is -0.0957. The Morgan fingerprint density at radius 2 is 1.95 bits per heavy atom. The van der Waals surface area contributed by atoms with Crippen LogP contribution >= 0.6 is 22.9 Å². The van der Waals surface area contributed by atoms with Gasteiger partial charge in [-0.2, -0.15) is 0 Å². The summed E-state index contributed by atoms with van der Waals surface area (Å²) < 4.78 is 1.92. The molecule has 0 aliphatic rings. The van der Waals surface area contributed by atoms with Gasteiger partial charge in [0.05, 0.1) is 12.1 Å². The highest BCUT2D eigenvalue weighted by Gasteiger charge is 2.08. The van der Waals surface area contributed by atoms with Crippen LogP contribution in [0.25, 0.3) is 5.13 Å². The van der Waals surface area contributed by atoms with Crippen molar-refractivity contribution >= 4 is 34.5 Å². The van der Waals surface area contributed by atoms with Crippen LogP contribution in [0.15, 0.2) is 54.2 Å². The van der Waals surface area contributed by atoms with Gasteiger partial charge < -0.3 is 9.88 Å². The lowest BCUT2D eigenvalue weighted by atomic mass is 10.3. The van der Waals surface area contributed by atoms with Crippen LogP contribution in [0, 0.1) is 0 Å². The summed E-state index contributed by atoms with van der Waals surface area (Å²) in [5.41, 5.74) is 1.49. The monoisotopic (exact) mass is 317 g/mol. The van der Waals surface area contributed by atoms with Crippen molar-refractivity contribution in [3.63, 3.8) is 0 Å². The van der Waals surface area contributed by atoms with Crippen molar-refractivity contribution in [1.82, 2.24) is 9.55 Å². The lowest BCUT2D eigenvalue weighted by molar-refractivity contribution is -0.115. The fourth-order valence-electron chi connectivity index (χ4n) is 1.86. The van der Waals surface area contributed by atoms with Crippen molar-refractivity contribution < 1.29 is 4.79 Å². The third kappa shape index (κ3) is 3.51. The molecule has 0 atom stereocenters. The lowest BCUT2D eigenvalue weighted by Gasteiger charge is -2.03. The van der Waals surface area contributed by atoms with Crippen LogP contribution in [0.2, 0.25) is 5.02 Å². The summed E-state index contributed by atoms with van der Waals surface area (Å²) in [7, 11) is 0. The molecule has 0 saturated carbocycles. The van der Waals surface area contributed by atoms with E-state index in [1.807, 2.05) is 34.5 Å². The number of hydrogen-bond donors (Lipinski definition) is 1. The molecule has 0 radical (unpaired) electrons. The standard InChI is InChI=1S/C15H12ClN3OS/c16-11-3-5-12(6-4-11)17-14(20)9-13-10-21-15(18-13)19-7-1-2-8-19/h1-8,10H,9H2,(H,17,20). The summed E-state index contributed by atoms with van der Waals surface area (Å²) in [5, 5.41) is 6.22. The molecular weight excluding hydrogens is 306 g/mol. The van der Waals surface area contributed by atoms with Crippen LogP contribution < -0.4 is 5.32 Å². The molecule has 0 aliphatic carbocycles. The van der Waals surface area contributed by atoms with E-state index in [0.717, 1.165) is 16.5 Å². The second-order valence-corrected chi connectivity index (χ2v) is 5.72. The number of nitrogens with zero attached hydrogens (tertiary/aromatic N) is 2. The van der Waals surface area contributed by atoms with Crippen molar-refractivity contribution in [3.8, 4) is 5.13 Å². The van der Waals surface area contributed by atoms with Crippen LogP contribution in [-0.4, -0.2) is 15.5 Å². The average Bonchev–Trinajstić information content (AvgIpc) is 3.12. The third-order valence-corrected chi connectivity index (χ3v) is 3.99. The summed E-state index contributed by atoms with van der Waals surface area (Å²) in [6.45, 7) is 0. The molecule has 2 aromatic heterocycles. The fraction of sp³-hybridized carbons (Fsp3) is 0.0667. The molecule has 2 heterocycles. The van der Waals surface area contributed by atoms with E-state index in [4.69, 9.17) is 11.6 Å². The maximum absolute atomic E-state index is 12.0. The molecule has 0 spiro atoms. The van der Waals surface area contributed by atoms with Gasteiger partial charge >= 0.3 is 0 Å². The number of carbonyl (C=O) groups is 1. The van der Waals surface area contributed by atoms with Gasteiger partial charge in [0.1, 0.15) is 0 Å². The van der Waals surface area contributed by atoms with Crippen LogP contribution in [0.4, 0.5) is 5.69 Å². The molecule has 1 amide bonds. The van der Waals surface area contributed by atoms with Crippen LogP contribution in [0.5, 0.6) is 0 Å². The normalized spacial score (nSPS) is 10.5. The van der Waals surface area contributed by atoms with Gasteiger partial charge in [0, 0.05) is 28.5 Å². The molecule has 0 saturated heterocycles. The maximum Gasteiger partial charge on any atom is 0.230 e. The van der Waals surface area contributed by atoms with Crippen LogP contribution in [0.3, 0.4) is 0 Å². The Hall–Kier alpha value is -2.11. The Morgan fingerprint density at radius 3 is 2.67 bits per heavy atom. The lowest BCUT2D eigenvalue weighted by Crippen LogP contribution is -2.14. The molecule has 106 valence electrons. The molecule has 0 bridgehead atoms. The van der Waals surface area contributed by atoms with Crippen molar-refractivity contribution in [1.29, 1.82) is 0 Å². The molecule has 0 fully saturated rings. The number of carbonyl (C=O) groups excluding carboxylic acids is 1. The van der Waals surface area contributed by atoms with Crippen molar-refractivity contribution in [2.75, 3.05) is 5.32 Å². The smallest absolute Gasteiger partial charge is 0.230 e. The van der Waals surface area contributed by atoms with E-state index < -0.39 is 0 Å². The number of hydrogen-bond acceptors (Lipinski definition) is 3. The second kappa shape index (κ2) is 6.11. The topological polar surface area (TPSA) is 46.9 Å². The Balaban J connectivity index is 1.64. The van der Waals surface area contributed by atoms with Gasteiger partial charge in [0.15, 0.2) is 5.13 Å². The number of anilines is 1. The van der Waals surface area contributed by atoms with Gasteiger partial charge in [-0.25, -0.2) is 4.98 Å². The first-order valence-corrected chi connectivity index (χ1v) is 7.59. The minimum absolute atomic E-state index is 0.0957. The molecule has 6 heteroatoms. The van der Waals surface area contributed by atoms with E-state index in [1.54, 1.807) is 24.3 Å². The van der Waals surface area contributed by atoms with Crippen LogP contribution in [0.1, 0.15) is 5.69 Å². The summed E-state index contributed by atoms with van der Waals surface area (Å²) in [5.74, 6) is -0.0957. The number of rotatable bonds is 4. The summed E-state index contributed by atoms with van der Waals surface area (Å²) in [4.78, 5) is 16.4. The summed E-state index contributed by atoms with van der Waals surface area (Å²) >= 11 is 7.32. The highest BCUT2D eigenvalue weighted by atomic mass is 35.5. The van der Waals surface area contributed by atoms with Crippen molar-refractivity contribution in [3.05, 3.63) is 64.9 Å². The fourth-order valence-corrected chi connectivity index (χ4v) is 2.78. The first-order chi connectivity index (χ1) is 10.2. The zero-order chi connectivity index (χ0) is 14.7. The molecule has 21 heavy (non-hydrogen) atoms. The minimum Gasteiger partial charge on any atom is -0.326 e. The Kier molecular flexibility index (Phi) is 4.03. The molecule has 0 unspecified atom stereocenters. The second-order valence-electron chi connectivity index (χ2n) is 4.44. The molecule has 3 rings (SSSR count). The van der Waals surface area contributed by atoms with E-state index >= 15 is 0 Å². The van der Waals surface area contributed by atoms with Gasteiger partial charge in [-0.3, -0.25) is 4.79 Å². The predicted molar refractivity (Wildman–Crippen MR) is 85.2 cm³/mol. The SMILES string of the molecule is O=C(Cc1csc(-n2cccc2)n1)Nc1ccc(Cl)cc1. The number of nitrogens with one attached hydrogen (secondary N) is 1. The highest BCUT2D eigenvalue weighted by molar-refractivity contribution is 7.12. The van der Waals surface area contributed by atoms with Gasteiger partial charge in [0.25, 0.3) is 0 Å². The zero-order valence-corrected chi connectivity index (χ0v) is 12.6. The predicted octanol–water partition coefficient (Wildman–Crippen LogP) is 3.77. The molecular formula is C15H12ClN3OS. The highest BCUT2D eigenvalue weighted by Crippen LogP contribution is 2.17. The average molecular weight is 318 g/mol. The van der Waals surface area contributed by atoms with E-state index in [9.17, 15) is 4.79 Å². The molecule has 1 aromatic carbocycles. The van der Waals surface area contributed by atoms with Crippen molar-refractivity contribution in [2.24, 2.45) is 0 Å². The zero-order valence-electron chi connectivity index (χ0n) is 11.0. The largest absolute Gasteiger partial charge is 0.326 e. The third-order valence-electron chi connectivity index (χ3n) is 2.83. The quantitative estimate of drug-likeness (QED) is 0.796. The molecule has 1 N–H and O–H groups in total. The van der Waals surface area contributed by atoms with E-state index in [2.05, 4.69) is 10.3 Å². The summed E-state index contributed by atoms with van der Waals surface area (Å²) in [6, 6.07) is 10.9. The van der Waals surface area contributed by atoms with Gasteiger partial charge in [0.2, 0.25) is 5.91 Å². The number of amides is 1.